The zero-order valence-electron chi connectivity index (χ0n) is 11.3. The zero-order chi connectivity index (χ0) is 15.4. The second-order valence-corrected chi connectivity index (χ2v) is 5.28. The fraction of sp³-hybridized carbons (Fsp3) is 0.214. The number of hydrogen-bond acceptors (Lipinski definition) is 5. The second kappa shape index (κ2) is 6.53. The molecule has 21 heavy (non-hydrogen) atoms. The summed E-state index contributed by atoms with van der Waals surface area (Å²) >= 11 is 3.37. The first-order valence-corrected chi connectivity index (χ1v) is 7.10. The van der Waals surface area contributed by atoms with Crippen LogP contribution in [0.4, 0.5) is 5.82 Å². The predicted octanol–water partition coefficient (Wildman–Crippen LogP) is 2.67. The highest BCUT2D eigenvalue weighted by atomic mass is 79.9. The Morgan fingerprint density at radius 2 is 2.05 bits per heavy atom. The number of phenolic OH excluding ortho intramolecular Hbond substituents is 1. The molecule has 0 aliphatic heterocycles. The van der Waals surface area contributed by atoms with Crippen molar-refractivity contribution >= 4 is 27.7 Å². The highest BCUT2D eigenvalue weighted by Crippen LogP contribution is 2.24. The minimum absolute atomic E-state index is 0.0971. The van der Waals surface area contributed by atoms with Crippen LogP contribution >= 0.6 is 15.9 Å². The Kier molecular flexibility index (Phi) is 4.74. The summed E-state index contributed by atoms with van der Waals surface area (Å²) in [4.78, 5) is 12.7. The van der Waals surface area contributed by atoms with Crippen molar-refractivity contribution in [3.05, 3.63) is 46.1 Å². The lowest BCUT2D eigenvalue weighted by Crippen LogP contribution is -2.23. The molecule has 110 valence electrons. The first-order chi connectivity index (χ1) is 10.0. The first kappa shape index (κ1) is 15.2. The molecule has 2 aromatic rings. The largest absolute Gasteiger partial charge is 0.508 e. The molecule has 6 nitrogen and oxygen atoms in total. The lowest BCUT2D eigenvalue weighted by atomic mass is 10.2. The average Bonchev–Trinajstić information content (AvgIpc) is 2.48. The first-order valence-electron chi connectivity index (χ1n) is 6.30. The van der Waals surface area contributed by atoms with E-state index in [-0.39, 0.29) is 11.4 Å². The van der Waals surface area contributed by atoms with E-state index in [1.54, 1.807) is 18.2 Å². The van der Waals surface area contributed by atoms with Gasteiger partial charge in [-0.15, -0.1) is 10.2 Å². The van der Waals surface area contributed by atoms with Gasteiger partial charge in [0, 0.05) is 23.1 Å². The quantitative estimate of drug-likeness (QED) is 0.860. The maximum atomic E-state index is 10.8. The van der Waals surface area contributed by atoms with Crippen LogP contribution in [-0.4, -0.2) is 32.9 Å². The van der Waals surface area contributed by atoms with Gasteiger partial charge < -0.3 is 15.1 Å². The Morgan fingerprint density at radius 1 is 1.29 bits per heavy atom. The molecule has 0 radical (unpaired) electrons. The fourth-order valence-electron chi connectivity index (χ4n) is 1.85. The van der Waals surface area contributed by atoms with Crippen molar-refractivity contribution in [2.45, 2.75) is 13.5 Å². The van der Waals surface area contributed by atoms with E-state index in [4.69, 9.17) is 5.11 Å². The van der Waals surface area contributed by atoms with Gasteiger partial charge in [0.1, 0.15) is 5.75 Å². The van der Waals surface area contributed by atoms with Gasteiger partial charge in [-0.25, -0.2) is 4.79 Å². The number of carboxylic acids is 1. The van der Waals surface area contributed by atoms with Crippen LogP contribution in [0, 0.1) is 0 Å². The molecule has 0 atom stereocenters. The molecule has 1 heterocycles. The van der Waals surface area contributed by atoms with Crippen LogP contribution in [0.25, 0.3) is 0 Å². The standard InChI is InChI=1S/C14H14BrN3O3/c1-2-18(8-9-7-10(15)3-5-12(9)19)13-6-4-11(14(20)21)16-17-13/h3-7,19H,2,8H2,1H3,(H,20,21). The highest BCUT2D eigenvalue weighted by Gasteiger charge is 2.12. The van der Waals surface area contributed by atoms with E-state index in [2.05, 4.69) is 26.1 Å². The summed E-state index contributed by atoms with van der Waals surface area (Å²) in [6.45, 7) is 3.04. The summed E-state index contributed by atoms with van der Waals surface area (Å²) in [6, 6.07) is 8.23. The van der Waals surface area contributed by atoms with Crippen molar-refractivity contribution < 1.29 is 15.0 Å². The minimum Gasteiger partial charge on any atom is -0.508 e. The van der Waals surface area contributed by atoms with Crippen molar-refractivity contribution in [3.63, 3.8) is 0 Å². The lowest BCUT2D eigenvalue weighted by Gasteiger charge is -2.22. The molecule has 0 saturated carbocycles. The van der Waals surface area contributed by atoms with E-state index >= 15 is 0 Å². The predicted molar refractivity (Wildman–Crippen MR) is 81.5 cm³/mol. The van der Waals surface area contributed by atoms with Crippen LogP contribution in [0.5, 0.6) is 5.75 Å². The normalized spacial score (nSPS) is 10.4. The fourth-order valence-corrected chi connectivity index (χ4v) is 2.26. The van der Waals surface area contributed by atoms with Gasteiger partial charge in [-0.05, 0) is 37.3 Å². The molecular formula is C14H14BrN3O3. The van der Waals surface area contributed by atoms with Crippen molar-refractivity contribution in [2.75, 3.05) is 11.4 Å². The number of carboxylic acid groups (broad SMARTS) is 1. The molecule has 0 aliphatic rings. The summed E-state index contributed by atoms with van der Waals surface area (Å²) in [5.74, 6) is -0.352. The number of nitrogens with zero attached hydrogens (tertiary/aromatic N) is 3. The third-order valence-electron chi connectivity index (χ3n) is 2.98. The number of aromatic nitrogens is 2. The Morgan fingerprint density at radius 3 is 2.62 bits per heavy atom. The average molecular weight is 352 g/mol. The van der Waals surface area contributed by atoms with Crippen LogP contribution in [0.1, 0.15) is 23.0 Å². The van der Waals surface area contributed by atoms with Gasteiger partial charge in [0.25, 0.3) is 0 Å². The van der Waals surface area contributed by atoms with Gasteiger partial charge in [0.15, 0.2) is 11.5 Å². The van der Waals surface area contributed by atoms with Crippen LogP contribution in [0.2, 0.25) is 0 Å². The molecule has 0 spiro atoms. The maximum Gasteiger partial charge on any atom is 0.356 e. The van der Waals surface area contributed by atoms with Gasteiger partial charge >= 0.3 is 5.97 Å². The van der Waals surface area contributed by atoms with E-state index in [0.717, 1.165) is 10.0 Å². The van der Waals surface area contributed by atoms with Gasteiger partial charge in [-0.2, -0.15) is 0 Å². The van der Waals surface area contributed by atoms with E-state index in [0.29, 0.717) is 18.9 Å². The summed E-state index contributed by atoms with van der Waals surface area (Å²) in [5, 5.41) is 26.3. The smallest absolute Gasteiger partial charge is 0.356 e. The number of phenols is 1. The third-order valence-corrected chi connectivity index (χ3v) is 3.47. The highest BCUT2D eigenvalue weighted by molar-refractivity contribution is 9.10. The van der Waals surface area contributed by atoms with Crippen LogP contribution in [0.3, 0.4) is 0 Å². The molecule has 0 amide bonds. The Bertz CT molecular complexity index is 646. The van der Waals surface area contributed by atoms with Crippen molar-refractivity contribution in [2.24, 2.45) is 0 Å². The topological polar surface area (TPSA) is 86.5 Å². The number of halogens is 1. The van der Waals surface area contributed by atoms with E-state index in [1.165, 1.54) is 6.07 Å². The number of hydrogen-bond donors (Lipinski definition) is 2. The number of benzene rings is 1. The Labute approximate surface area is 130 Å². The second-order valence-electron chi connectivity index (χ2n) is 4.37. The summed E-state index contributed by atoms with van der Waals surface area (Å²) < 4.78 is 0.874. The molecule has 1 aromatic carbocycles. The Balaban J connectivity index is 2.23. The van der Waals surface area contributed by atoms with Gasteiger partial charge in [0.2, 0.25) is 0 Å². The molecule has 2 N–H and O–H groups in total. The van der Waals surface area contributed by atoms with E-state index in [1.807, 2.05) is 17.9 Å². The van der Waals surface area contributed by atoms with E-state index < -0.39 is 5.97 Å². The Hall–Kier alpha value is -2.15. The zero-order valence-corrected chi connectivity index (χ0v) is 12.9. The van der Waals surface area contributed by atoms with Gasteiger partial charge in [0.05, 0.1) is 0 Å². The molecule has 0 aliphatic carbocycles. The van der Waals surface area contributed by atoms with Crippen molar-refractivity contribution in [1.82, 2.24) is 10.2 Å². The van der Waals surface area contributed by atoms with Crippen molar-refractivity contribution in [3.8, 4) is 5.75 Å². The SMILES string of the molecule is CCN(Cc1cc(Br)ccc1O)c1ccc(C(=O)O)nn1. The van der Waals surface area contributed by atoms with Gasteiger partial charge in [-0.1, -0.05) is 15.9 Å². The van der Waals surface area contributed by atoms with Crippen LogP contribution in [-0.2, 0) is 6.54 Å². The number of aromatic hydroxyl groups is 1. The molecule has 1 aromatic heterocycles. The molecule has 0 saturated heterocycles. The number of rotatable bonds is 5. The van der Waals surface area contributed by atoms with Crippen LogP contribution in [0.15, 0.2) is 34.8 Å². The van der Waals surface area contributed by atoms with E-state index in [9.17, 15) is 9.90 Å². The molecule has 0 bridgehead atoms. The molecule has 2 rings (SSSR count). The summed E-state index contributed by atoms with van der Waals surface area (Å²) in [6.07, 6.45) is 0. The molecular weight excluding hydrogens is 338 g/mol. The molecule has 0 unspecified atom stereocenters. The number of aromatic carboxylic acids is 1. The molecule has 0 fully saturated rings. The number of carbonyl (C=O) groups is 1. The molecule has 7 heteroatoms. The van der Waals surface area contributed by atoms with Crippen LogP contribution < -0.4 is 4.90 Å². The monoisotopic (exact) mass is 351 g/mol. The third kappa shape index (κ3) is 3.69. The number of anilines is 1. The van der Waals surface area contributed by atoms with Gasteiger partial charge in [-0.3, -0.25) is 0 Å². The summed E-state index contributed by atoms with van der Waals surface area (Å²) in [5.41, 5.74) is 0.649. The minimum atomic E-state index is -1.11. The maximum absolute atomic E-state index is 10.8. The lowest BCUT2D eigenvalue weighted by molar-refractivity contribution is 0.0689. The summed E-state index contributed by atoms with van der Waals surface area (Å²) in [7, 11) is 0. The van der Waals surface area contributed by atoms with Crippen molar-refractivity contribution in [1.29, 1.82) is 0 Å².